The van der Waals surface area contributed by atoms with Crippen molar-refractivity contribution in [1.82, 2.24) is 15.1 Å². The van der Waals surface area contributed by atoms with E-state index in [0.717, 1.165) is 17.0 Å². The fraction of sp³-hybridized carbons (Fsp3) is 0.409. The molecule has 2 rings (SSSR count). The lowest BCUT2D eigenvalue weighted by atomic mass is 10.1. The predicted molar refractivity (Wildman–Crippen MR) is 110 cm³/mol. The first-order valence-corrected chi connectivity index (χ1v) is 9.47. The monoisotopic (exact) mass is 383 g/mol. The van der Waals surface area contributed by atoms with E-state index in [9.17, 15) is 9.59 Å². The Morgan fingerprint density at radius 3 is 2.50 bits per heavy atom. The number of benzene rings is 1. The van der Waals surface area contributed by atoms with E-state index in [1.54, 1.807) is 6.08 Å². The zero-order valence-electron chi connectivity index (χ0n) is 17.3. The Balaban J connectivity index is 1.96. The molecule has 1 aromatic heterocycles. The van der Waals surface area contributed by atoms with Gasteiger partial charge in [-0.25, -0.2) is 4.79 Å². The third kappa shape index (κ3) is 6.37. The number of carbonyl (C=O) groups excluding carboxylic acids is 2. The molecule has 1 aromatic carbocycles. The van der Waals surface area contributed by atoms with Gasteiger partial charge in [0.2, 0.25) is 0 Å². The Kier molecular flexibility index (Phi) is 7.55. The van der Waals surface area contributed by atoms with Gasteiger partial charge in [-0.2, -0.15) is 5.10 Å². The van der Waals surface area contributed by atoms with Gasteiger partial charge in [-0.3, -0.25) is 9.48 Å². The zero-order chi connectivity index (χ0) is 20.7. The average molecular weight is 383 g/mol. The van der Waals surface area contributed by atoms with Crippen molar-refractivity contribution in [2.24, 2.45) is 5.92 Å². The number of nitrogens with zero attached hydrogens (tertiary/aromatic N) is 2. The summed E-state index contributed by atoms with van der Waals surface area (Å²) < 4.78 is 6.91. The molecule has 150 valence electrons. The summed E-state index contributed by atoms with van der Waals surface area (Å²) in [6, 6.07) is 8.33. The third-order valence-electron chi connectivity index (χ3n) is 4.33. The van der Waals surface area contributed by atoms with E-state index in [-0.39, 0.29) is 12.5 Å². The fourth-order valence-corrected chi connectivity index (χ4v) is 2.68. The standard InChI is InChI=1S/C22H29N3O3/c1-15(2)12-23-21(26)14-28-22(27)11-10-20-17(4)24-25(18(20)5)13-19-8-6-16(3)7-9-19/h6-11,15H,12-14H2,1-5H3,(H,23,26)/b11-10+. The second-order valence-electron chi connectivity index (χ2n) is 7.37. The molecular weight excluding hydrogens is 354 g/mol. The highest BCUT2D eigenvalue weighted by Gasteiger charge is 2.11. The van der Waals surface area contributed by atoms with E-state index < -0.39 is 5.97 Å². The molecule has 0 fully saturated rings. The normalized spacial score (nSPS) is 11.2. The fourth-order valence-electron chi connectivity index (χ4n) is 2.68. The smallest absolute Gasteiger partial charge is 0.331 e. The van der Waals surface area contributed by atoms with Crippen LogP contribution in [0.1, 0.15) is 41.9 Å². The van der Waals surface area contributed by atoms with Gasteiger partial charge in [-0.15, -0.1) is 0 Å². The van der Waals surface area contributed by atoms with E-state index in [1.165, 1.54) is 17.2 Å². The van der Waals surface area contributed by atoms with Crippen LogP contribution >= 0.6 is 0 Å². The summed E-state index contributed by atoms with van der Waals surface area (Å²) >= 11 is 0. The number of esters is 1. The van der Waals surface area contributed by atoms with Gasteiger partial charge in [0.1, 0.15) is 0 Å². The lowest BCUT2D eigenvalue weighted by Gasteiger charge is -2.07. The second kappa shape index (κ2) is 9.88. The van der Waals surface area contributed by atoms with Crippen molar-refractivity contribution < 1.29 is 14.3 Å². The minimum absolute atomic E-state index is 0.277. The van der Waals surface area contributed by atoms with Crippen LogP contribution < -0.4 is 5.32 Å². The highest BCUT2D eigenvalue weighted by atomic mass is 16.5. The number of hydrogen-bond acceptors (Lipinski definition) is 4. The molecule has 28 heavy (non-hydrogen) atoms. The van der Waals surface area contributed by atoms with Crippen molar-refractivity contribution in [3.05, 3.63) is 58.4 Å². The molecule has 0 atom stereocenters. The molecular formula is C22H29N3O3. The maximum absolute atomic E-state index is 11.9. The van der Waals surface area contributed by atoms with E-state index >= 15 is 0 Å². The number of amides is 1. The minimum Gasteiger partial charge on any atom is -0.452 e. The molecule has 0 radical (unpaired) electrons. The molecule has 0 spiro atoms. The summed E-state index contributed by atoms with van der Waals surface area (Å²) in [5.41, 5.74) is 5.07. The summed E-state index contributed by atoms with van der Waals surface area (Å²) in [5, 5.41) is 7.28. The van der Waals surface area contributed by atoms with Crippen LogP contribution in [0.5, 0.6) is 0 Å². The SMILES string of the molecule is Cc1ccc(Cn2nc(C)c(/C=C/C(=O)OCC(=O)NCC(C)C)c2C)cc1. The van der Waals surface area contributed by atoms with Crippen molar-refractivity contribution >= 4 is 18.0 Å². The molecule has 0 aliphatic rings. The Morgan fingerprint density at radius 1 is 1.18 bits per heavy atom. The number of carbonyl (C=O) groups is 2. The van der Waals surface area contributed by atoms with Gasteiger partial charge < -0.3 is 10.1 Å². The first-order chi connectivity index (χ1) is 13.3. The van der Waals surface area contributed by atoms with Crippen molar-refractivity contribution in [3.8, 4) is 0 Å². The first-order valence-electron chi connectivity index (χ1n) is 9.47. The minimum atomic E-state index is -0.551. The molecule has 6 nitrogen and oxygen atoms in total. The van der Waals surface area contributed by atoms with Gasteiger partial charge in [0.15, 0.2) is 6.61 Å². The summed E-state index contributed by atoms with van der Waals surface area (Å²) in [6.45, 7) is 10.9. The Hall–Kier alpha value is -2.89. The molecule has 0 saturated heterocycles. The lowest BCUT2D eigenvalue weighted by molar-refractivity contribution is -0.143. The molecule has 0 aliphatic heterocycles. The maximum atomic E-state index is 11.9. The lowest BCUT2D eigenvalue weighted by Crippen LogP contribution is -2.31. The van der Waals surface area contributed by atoms with Crippen LogP contribution in [0, 0.1) is 26.7 Å². The van der Waals surface area contributed by atoms with Crippen LogP contribution in [-0.2, 0) is 20.9 Å². The topological polar surface area (TPSA) is 73.2 Å². The van der Waals surface area contributed by atoms with Gasteiger partial charge in [0.05, 0.1) is 12.2 Å². The third-order valence-corrected chi connectivity index (χ3v) is 4.33. The van der Waals surface area contributed by atoms with Crippen molar-refractivity contribution in [1.29, 1.82) is 0 Å². The van der Waals surface area contributed by atoms with E-state index in [2.05, 4.69) is 41.6 Å². The van der Waals surface area contributed by atoms with Crippen LogP contribution in [0.2, 0.25) is 0 Å². The number of nitrogens with one attached hydrogen (secondary N) is 1. The average Bonchev–Trinajstić information content (AvgIpc) is 2.91. The molecule has 0 saturated carbocycles. The number of aromatic nitrogens is 2. The van der Waals surface area contributed by atoms with Crippen molar-refractivity contribution in [3.63, 3.8) is 0 Å². The number of aryl methyl sites for hydroxylation is 2. The van der Waals surface area contributed by atoms with Gasteiger partial charge in [-0.1, -0.05) is 43.7 Å². The van der Waals surface area contributed by atoms with Crippen LogP contribution in [0.25, 0.3) is 6.08 Å². The molecule has 1 amide bonds. The molecule has 0 unspecified atom stereocenters. The molecule has 1 N–H and O–H groups in total. The van der Waals surface area contributed by atoms with Gasteiger partial charge in [0, 0.05) is 23.9 Å². The largest absolute Gasteiger partial charge is 0.452 e. The summed E-state index contributed by atoms with van der Waals surface area (Å²) in [7, 11) is 0. The van der Waals surface area contributed by atoms with Crippen molar-refractivity contribution in [2.45, 2.75) is 41.2 Å². The van der Waals surface area contributed by atoms with Gasteiger partial charge >= 0.3 is 5.97 Å². The highest BCUT2D eigenvalue weighted by Crippen LogP contribution is 2.17. The maximum Gasteiger partial charge on any atom is 0.331 e. The number of hydrogen-bond donors (Lipinski definition) is 1. The van der Waals surface area contributed by atoms with Crippen LogP contribution in [0.4, 0.5) is 0 Å². The molecule has 6 heteroatoms. The molecule has 1 heterocycles. The first kappa shape index (κ1) is 21.4. The van der Waals surface area contributed by atoms with Crippen LogP contribution in [-0.4, -0.2) is 34.8 Å². The molecule has 0 aliphatic carbocycles. The van der Waals surface area contributed by atoms with E-state index in [4.69, 9.17) is 4.74 Å². The van der Waals surface area contributed by atoms with Gasteiger partial charge in [-0.05, 0) is 38.3 Å². The Bertz CT molecular complexity index is 849. The molecule has 0 bridgehead atoms. The predicted octanol–water partition coefficient (Wildman–Crippen LogP) is 3.19. The number of ether oxygens (including phenoxy) is 1. The quantitative estimate of drug-likeness (QED) is 0.561. The Labute approximate surface area is 166 Å². The van der Waals surface area contributed by atoms with Gasteiger partial charge in [0.25, 0.3) is 5.91 Å². The zero-order valence-corrected chi connectivity index (χ0v) is 17.3. The van der Waals surface area contributed by atoms with E-state index in [1.807, 2.05) is 32.4 Å². The Morgan fingerprint density at radius 2 is 1.86 bits per heavy atom. The second-order valence-corrected chi connectivity index (χ2v) is 7.37. The molecule has 2 aromatic rings. The van der Waals surface area contributed by atoms with E-state index in [0.29, 0.717) is 19.0 Å². The van der Waals surface area contributed by atoms with Crippen molar-refractivity contribution in [2.75, 3.05) is 13.2 Å². The summed E-state index contributed by atoms with van der Waals surface area (Å²) in [5.74, 6) is -0.500. The van der Waals surface area contributed by atoms with Crippen LogP contribution in [0.3, 0.4) is 0 Å². The summed E-state index contributed by atoms with van der Waals surface area (Å²) in [4.78, 5) is 23.5. The summed E-state index contributed by atoms with van der Waals surface area (Å²) in [6.07, 6.45) is 3.03. The number of rotatable bonds is 8. The highest BCUT2D eigenvalue weighted by molar-refractivity contribution is 5.89. The van der Waals surface area contributed by atoms with Crippen LogP contribution in [0.15, 0.2) is 30.3 Å².